The fourth-order valence-corrected chi connectivity index (χ4v) is 5.58. The second kappa shape index (κ2) is 7.84. The molecule has 0 aliphatic carbocycles. The van der Waals surface area contributed by atoms with Crippen LogP contribution in [0.25, 0.3) is 16.7 Å². The molecule has 4 rings (SSSR count). The summed E-state index contributed by atoms with van der Waals surface area (Å²) in [6.45, 7) is 2.81. The Labute approximate surface area is 173 Å². The number of hydrogen-bond donors (Lipinski definition) is 1. The Hall–Kier alpha value is -2.72. The van der Waals surface area contributed by atoms with Gasteiger partial charge in [-0.05, 0) is 37.5 Å². The molecule has 0 spiro atoms. The molecule has 3 aromatic rings. The molecule has 160 valence electrons. The van der Waals surface area contributed by atoms with Gasteiger partial charge in [0.25, 0.3) is 11.5 Å². The van der Waals surface area contributed by atoms with Gasteiger partial charge < -0.3 is 14.6 Å². The van der Waals surface area contributed by atoms with Crippen molar-refractivity contribution in [1.29, 1.82) is 0 Å². The van der Waals surface area contributed by atoms with E-state index in [9.17, 15) is 18.0 Å². The van der Waals surface area contributed by atoms with E-state index in [1.165, 1.54) is 4.40 Å². The Morgan fingerprint density at radius 3 is 2.87 bits per heavy atom. The lowest BCUT2D eigenvalue weighted by atomic mass is 10.2. The molecule has 1 atom stereocenters. The van der Waals surface area contributed by atoms with Gasteiger partial charge in [0, 0.05) is 32.5 Å². The summed E-state index contributed by atoms with van der Waals surface area (Å²) >= 11 is 0. The van der Waals surface area contributed by atoms with Crippen LogP contribution in [0.2, 0.25) is 0 Å². The number of amides is 1. The largest absolute Gasteiger partial charge is 0.385 e. The fourth-order valence-electron chi connectivity index (χ4n) is 3.91. The summed E-state index contributed by atoms with van der Waals surface area (Å²) in [5, 5.41) is 3.16. The number of aryl methyl sites for hydroxylation is 2. The van der Waals surface area contributed by atoms with E-state index in [0.717, 1.165) is 5.56 Å². The maximum atomic E-state index is 13.1. The SMILES string of the molecule is COCCCn1c(C(=O)N[C@@H]2CCS(=O)(=O)C2)cc2c(=O)n3cccc(C)c3nc21. The second-order valence-electron chi connectivity index (χ2n) is 7.64. The second-order valence-corrected chi connectivity index (χ2v) is 9.87. The number of carbonyl (C=O) groups excluding carboxylic acids is 1. The molecule has 3 aromatic heterocycles. The molecule has 1 aliphatic rings. The highest BCUT2D eigenvalue weighted by atomic mass is 32.2. The summed E-state index contributed by atoms with van der Waals surface area (Å²) in [6, 6.07) is 4.77. The molecule has 4 heterocycles. The van der Waals surface area contributed by atoms with E-state index >= 15 is 0 Å². The zero-order valence-electron chi connectivity index (χ0n) is 16.9. The van der Waals surface area contributed by atoms with E-state index in [1.54, 1.807) is 30.0 Å². The van der Waals surface area contributed by atoms with Crippen molar-refractivity contribution in [3.05, 3.63) is 46.0 Å². The van der Waals surface area contributed by atoms with E-state index < -0.39 is 21.8 Å². The molecular weight excluding hydrogens is 408 g/mol. The van der Waals surface area contributed by atoms with Crippen molar-refractivity contribution in [2.75, 3.05) is 25.2 Å². The molecule has 0 radical (unpaired) electrons. The maximum Gasteiger partial charge on any atom is 0.268 e. The number of sulfone groups is 1. The minimum atomic E-state index is -3.12. The molecule has 9 nitrogen and oxygen atoms in total. The number of rotatable bonds is 6. The minimum Gasteiger partial charge on any atom is -0.385 e. The van der Waals surface area contributed by atoms with E-state index in [-0.39, 0.29) is 17.1 Å². The van der Waals surface area contributed by atoms with Crippen molar-refractivity contribution in [2.45, 2.75) is 32.4 Å². The van der Waals surface area contributed by atoms with Gasteiger partial charge in [-0.1, -0.05) is 6.07 Å². The summed E-state index contributed by atoms with van der Waals surface area (Å²) < 4.78 is 31.8. The maximum absolute atomic E-state index is 13.1. The quantitative estimate of drug-likeness (QED) is 0.580. The monoisotopic (exact) mass is 432 g/mol. The number of ether oxygens (including phenoxy) is 1. The first-order valence-electron chi connectivity index (χ1n) is 9.82. The molecule has 1 aliphatic heterocycles. The van der Waals surface area contributed by atoms with Crippen molar-refractivity contribution >= 4 is 32.4 Å². The topological polar surface area (TPSA) is 112 Å². The third-order valence-electron chi connectivity index (χ3n) is 5.42. The van der Waals surface area contributed by atoms with Crippen molar-refractivity contribution in [3.63, 3.8) is 0 Å². The lowest BCUT2D eigenvalue weighted by molar-refractivity contribution is 0.0931. The van der Waals surface area contributed by atoms with Gasteiger partial charge in [0.05, 0.1) is 16.9 Å². The number of methoxy groups -OCH3 is 1. The highest BCUT2D eigenvalue weighted by Crippen LogP contribution is 2.19. The molecule has 1 saturated heterocycles. The normalized spacial score (nSPS) is 18.3. The summed E-state index contributed by atoms with van der Waals surface area (Å²) in [5.74, 6) is -0.396. The lowest BCUT2D eigenvalue weighted by Crippen LogP contribution is -2.36. The molecule has 0 unspecified atom stereocenters. The molecule has 1 amide bonds. The van der Waals surface area contributed by atoms with E-state index in [0.29, 0.717) is 48.4 Å². The number of fused-ring (bicyclic) bond motifs is 2. The molecule has 0 aromatic carbocycles. The summed E-state index contributed by atoms with van der Waals surface area (Å²) in [6.07, 6.45) is 2.68. The standard InChI is InChI=1S/C20H24N4O5S/c1-13-5-3-7-24-17(13)22-18-15(20(24)26)11-16(23(18)8-4-9-29-2)19(25)21-14-6-10-30(27,28)12-14/h3,5,7,11,14H,4,6,8-10,12H2,1-2H3,(H,21,25)/t14-/m1/s1. The van der Waals surface area contributed by atoms with E-state index in [2.05, 4.69) is 10.3 Å². The predicted octanol–water partition coefficient (Wildman–Crippen LogP) is 0.911. The van der Waals surface area contributed by atoms with Crippen LogP contribution in [-0.2, 0) is 21.1 Å². The van der Waals surface area contributed by atoms with Gasteiger partial charge in [-0.25, -0.2) is 13.4 Å². The molecule has 0 bridgehead atoms. The van der Waals surface area contributed by atoms with Crippen LogP contribution in [0.5, 0.6) is 0 Å². The van der Waals surface area contributed by atoms with Gasteiger partial charge in [-0.3, -0.25) is 14.0 Å². The molecule has 1 N–H and O–H groups in total. The van der Waals surface area contributed by atoms with Gasteiger partial charge in [0.2, 0.25) is 0 Å². The average Bonchev–Trinajstić information content (AvgIpc) is 3.23. The van der Waals surface area contributed by atoms with Gasteiger partial charge >= 0.3 is 0 Å². The highest BCUT2D eigenvalue weighted by molar-refractivity contribution is 7.91. The Kier molecular flexibility index (Phi) is 5.37. The minimum absolute atomic E-state index is 0.0629. The highest BCUT2D eigenvalue weighted by Gasteiger charge is 2.30. The predicted molar refractivity (Wildman–Crippen MR) is 113 cm³/mol. The van der Waals surface area contributed by atoms with Gasteiger partial charge in [0.15, 0.2) is 9.84 Å². The lowest BCUT2D eigenvalue weighted by Gasteiger charge is -2.13. The summed E-state index contributed by atoms with van der Waals surface area (Å²) in [4.78, 5) is 30.8. The first-order chi connectivity index (χ1) is 14.3. The van der Waals surface area contributed by atoms with Crippen LogP contribution < -0.4 is 10.9 Å². The molecule has 30 heavy (non-hydrogen) atoms. The first-order valence-corrected chi connectivity index (χ1v) is 11.6. The van der Waals surface area contributed by atoms with E-state index in [1.807, 2.05) is 13.0 Å². The Bertz CT molecular complexity index is 1290. The molecule has 0 saturated carbocycles. The van der Waals surface area contributed by atoms with Gasteiger partial charge in [0.1, 0.15) is 17.0 Å². The van der Waals surface area contributed by atoms with Crippen LogP contribution in [0.3, 0.4) is 0 Å². The molecular formula is C20H24N4O5S. The molecule has 1 fully saturated rings. The van der Waals surface area contributed by atoms with Gasteiger partial charge in [-0.2, -0.15) is 0 Å². The third-order valence-corrected chi connectivity index (χ3v) is 7.19. The third kappa shape index (κ3) is 3.72. The van der Waals surface area contributed by atoms with Gasteiger partial charge in [-0.15, -0.1) is 0 Å². The van der Waals surface area contributed by atoms with Crippen LogP contribution in [0.1, 0.15) is 28.9 Å². The van der Waals surface area contributed by atoms with E-state index in [4.69, 9.17) is 4.74 Å². The van der Waals surface area contributed by atoms with Crippen molar-refractivity contribution in [1.82, 2.24) is 19.3 Å². The zero-order valence-corrected chi connectivity index (χ0v) is 17.7. The number of pyridine rings is 1. The number of aromatic nitrogens is 3. The summed E-state index contributed by atoms with van der Waals surface area (Å²) in [5.41, 5.74) is 1.87. The average molecular weight is 433 g/mol. The van der Waals surface area contributed by atoms with Crippen LogP contribution >= 0.6 is 0 Å². The Balaban J connectivity index is 1.81. The zero-order chi connectivity index (χ0) is 21.5. The van der Waals surface area contributed by atoms with Crippen LogP contribution in [-0.4, -0.2) is 59.5 Å². The molecule has 10 heteroatoms. The first kappa shape index (κ1) is 20.5. The number of hydrogen-bond acceptors (Lipinski definition) is 6. The Morgan fingerprint density at radius 2 is 2.17 bits per heavy atom. The van der Waals surface area contributed by atoms with Crippen molar-refractivity contribution in [2.24, 2.45) is 0 Å². The van der Waals surface area contributed by atoms with Crippen molar-refractivity contribution < 1.29 is 17.9 Å². The Morgan fingerprint density at radius 1 is 1.37 bits per heavy atom. The number of nitrogens with zero attached hydrogens (tertiary/aromatic N) is 3. The van der Waals surface area contributed by atoms with Crippen LogP contribution in [0, 0.1) is 6.92 Å². The van der Waals surface area contributed by atoms with Crippen LogP contribution in [0.4, 0.5) is 0 Å². The summed E-state index contributed by atoms with van der Waals surface area (Å²) in [7, 11) is -1.52. The fraction of sp³-hybridized carbons (Fsp3) is 0.450. The number of carbonyl (C=O) groups is 1. The van der Waals surface area contributed by atoms with Crippen molar-refractivity contribution in [3.8, 4) is 0 Å². The number of nitrogens with one attached hydrogen (secondary N) is 1. The smallest absolute Gasteiger partial charge is 0.268 e. The van der Waals surface area contributed by atoms with Crippen LogP contribution in [0.15, 0.2) is 29.2 Å².